The second-order valence-corrected chi connectivity index (χ2v) is 7.18. The molecule has 0 saturated carbocycles. The lowest BCUT2D eigenvalue weighted by Crippen LogP contribution is -2.31. The molecular weight excluding hydrogens is 288 g/mol. The van der Waals surface area contributed by atoms with Gasteiger partial charge >= 0.3 is 0 Å². The summed E-state index contributed by atoms with van der Waals surface area (Å²) in [5, 5.41) is 1.56. The van der Waals surface area contributed by atoms with Gasteiger partial charge in [0.1, 0.15) is 5.75 Å². The lowest BCUT2D eigenvalue weighted by atomic mass is 9.96. The predicted octanol–water partition coefficient (Wildman–Crippen LogP) is 3.69. The van der Waals surface area contributed by atoms with Crippen molar-refractivity contribution in [2.45, 2.75) is 53.6 Å². The minimum atomic E-state index is -0.0170. The van der Waals surface area contributed by atoms with Gasteiger partial charge in [0.05, 0.1) is 17.7 Å². The summed E-state index contributed by atoms with van der Waals surface area (Å²) >= 11 is 0. The molecule has 1 aromatic carbocycles. The average molecular weight is 316 g/mol. The summed E-state index contributed by atoms with van der Waals surface area (Å²) in [6.07, 6.45) is 2.05. The van der Waals surface area contributed by atoms with E-state index in [2.05, 4.69) is 27.7 Å². The molecule has 0 bridgehead atoms. The number of aromatic nitrogens is 1. The maximum atomic E-state index is 12.9. The van der Waals surface area contributed by atoms with Crippen molar-refractivity contribution < 1.29 is 4.74 Å². The van der Waals surface area contributed by atoms with E-state index in [1.54, 1.807) is 4.57 Å². The maximum absolute atomic E-state index is 12.9. The highest BCUT2D eigenvalue weighted by atomic mass is 16.5. The molecule has 2 N–H and O–H groups in total. The third-order valence-electron chi connectivity index (χ3n) is 3.81. The first-order chi connectivity index (χ1) is 10.9. The van der Waals surface area contributed by atoms with E-state index >= 15 is 0 Å². The van der Waals surface area contributed by atoms with Crippen molar-refractivity contribution in [2.75, 3.05) is 6.61 Å². The molecule has 1 heterocycles. The Labute approximate surface area is 138 Å². The first-order valence-corrected chi connectivity index (χ1v) is 8.36. The Bertz CT molecular complexity index is 726. The zero-order valence-corrected chi connectivity index (χ0v) is 14.7. The fourth-order valence-corrected chi connectivity index (χ4v) is 2.74. The van der Waals surface area contributed by atoms with Crippen LogP contribution in [0.2, 0.25) is 0 Å². The van der Waals surface area contributed by atoms with Gasteiger partial charge in [0.25, 0.3) is 5.56 Å². The normalized spacial score (nSPS) is 11.9. The number of hydrogen-bond donors (Lipinski definition) is 1. The monoisotopic (exact) mass is 316 g/mol. The molecule has 4 heteroatoms. The van der Waals surface area contributed by atoms with Crippen molar-refractivity contribution in [3.8, 4) is 5.75 Å². The molecule has 0 fully saturated rings. The van der Waals surface area contributed by atoms with Crippen molar-refractivity contribution in [1.29, 1.82) is 0 Å². The van der Waals surface area contributed by atoms with Crippen molar-refractivity contribution in [3.63, 3.8) is 0 Å². The molecule has 0 radical (unpaired) electrons. The van der Waals surface area contributed by atoms with Gasteiger partial charge in [-0.3, -0.25) is 4.79 Å². The van der Waals surface area contributed by atoms with Gasteiger partial charge in [-0.1, -0.05) is 52.3 Å². The first kappa shape index (κ1) is 17.5. The maximum Gasteiger partial charge on any atom is 0.258 e. The zero-order chi connectivity index (χ0) is 17.0. The number of fused-ring (bicyclic) bond motifs is 1. The number of hydrogen-bond acceptors (Lipinski definition) is 3. The van der Waals surface area contributed by atoms with E-state index in [4.69, 9.17) is 10.5 Å². The number of rotatable bonds is 6. The average Bonchev–Trinajstić information content (AvgIpc) is 2.50. The SMILES string of the molecule is CCCCOc1c(CN)n(CC(C)(C)C)c(=O)c2ccccc12. The van der Waals surface area contributed by atoms with Crippen LogP contribution in [0.4, 0.5) is 0 Å². The summed E-state index contributed by atoms with van der Waals surface area (Å²) in [6.45, 7) is 10.0. The number of nitrogens with two attached hydrogens (primary N) is 1. The molecule has 0 unspecified atom stereocenters. The third-order valence-corrected chi connectivity index (χ3v) is 3.81. The quantitative estimate of drug-likeness (QED) is 0.827. The third kappa shape index (κ3) is 3.94. The van der Waals surface area contributed by atoms with E-state index in [1.807, 2.05) is 24.3 Å². The van der Waals surface area contributed by atoms with Crippen LogP contribution >= 0.6 is 0 Å². The zero-order valence-electron chi connectivity index (χ0n) is 14.7. The van der Waals surface area contributed by atoms with Crippen LogP contribution in [-0.2, 0) is 13.1 Å². The van der Waals surface area contributed by atoms with Crippen LogP contribution in [0.15, 0.2) is 29.1 Å². The molecule has 0 aliphatic rings. The Hall–Kier alpha value is -1.81. The van der Waals surface area contributed by atoms with Crippen LogP contribution in [0, 0.1) is 5.41 Å². The summed E-state index contributed by atoms with van der Waals surface area (Å²) < 4.78 is 7.85. The van der Waals surface area contributed by atoms with Crippen molar-refractivity contribution in [1.82, 2.24) is 4.57 Å². The fraction of sp³-hybridized carbons (Fsp3) is 0.526. The Morgan fingerprint density at radius 3 is 2.39 bits per heavy atom. The van der Waals surface area contributed by atoms with Crippen LogP contribution in [-0.4, -0.2) is 11.2 Å². The number of nitrogens with zero attached hydrogens (tertiary/aromatic N) is 1. The van der Waals surface area contributed by atoms with Crippen LogP contribution < -0.4 is 16.0 Å². The second kappa shape index (κ2) is 7.18. The summed E-state index contributed by atoms with van der Waals surface area (Å²) in [7, 11) is 0. The minimum absolute atomic E-state index is 0.0128. The smallest absolute Gasteiger partial charge is 0.258 e. The number of unbranched alkanes of at least 4 members (excludes halogenated alkanes) is 1. The number of ether oxygens (including phenoxy) is 1. The van der Waals surface area contributed by atoms with Gasteiger partial charge in [-0.2, -0.15) is 0 Å². The highest BCUT2D eigenvalue weighted by Crippen LogP contribution is 2.29. The Kier molecular flexibility index (Phi) is 5.47. The summed E-state index contributed by atoms with van der Waals surface area (Å²) in [6, 6.07) is 7.63. The van der Waals surface area contributed by atoms with Gasteiger partial charge in [-0.25, -0.2) is 0 Å². The molecule has 2 aromatic rings. The van der Waals surface area contributed by atoms with Crippen LogP contribution in [0.25, 0.3) is 10.8 Å². The largest absolute Gasteiger partial charge is 0.491 e. The van der Waals surface area contributed by atoms with Gasteiger partial charge in [0.2, 0.25) is 0 Å². The van der Waals surface area contributed by atoms with E-state index in [9.17, 15) is 4.79 Å². The van der Waals surface area contributed by atoms with Gasteiger partial charge in [0, 0.05) is 18.5 Å². The Morgan fingerprint density at radius 1 is 1.17 bits per heavy atom. The molecule has 0 atom stereocenters. The lowest BCUT2D eigenvalue weighted by molar-refractivity contribution is 0.295. The molecule has 0 aliphatic heterocycles. The van der Waals surface area contributed by atoms with E-state index in [-0.39, 0.29) is 17.5 Å². The van der Waals surface area contributed by atoms with Crippen LogP contribution in [0.3, 0.4) is 0 Å². The second-order valence-electron chi connectivity index (χ2n) is 7.18. The molecule has 0 amide bonds. The van der Waals surface area contributed by atoms with Crippen molar-refractivity contribution in [2.24, 2.45) is 11.1 Å². The van der Waals surface area contributed by atoms with Crippen LogP contribution in [0.1, 0.15) is 46.2 Å². The summed E-state index contributed by atoms with van der Waals surface area (Å²) in [4.78, 5) is 12.9. The lowest BCUT2D eigenvalue weighted by Gasteiger charge is -2.25. The molecule has 0 saturated heterocycles. The van der Waals surface area contributed by atoms with E-state index in [1.165, 1.54) is 0 Å². The van der Waals surface area contributed by atoms with Crippen molar-refractivity contribution >= 4 is 10.8 Å². The molecule has 0 spiro atoms. The molecular formula is C19H28N2O2. The Morgan fingerprint density at radius 2 is 1.83 bits per heavy atom. The number of benzene rings is 1. The topological polar surface area (TPSA) is 57.2 Å². The molecule has 126 valence electrons. The minimum Gasteiger partial charge on any atom is -0.491 e. The highest BCUT2D eigenvalue weighted by molar-refractivity contribution is 5.88. The number of pyridine rings is 1. The molecule has 23 heavy (non-hydrogen) atoms. The molecule has 2 rings (SSSR count). The van der Waals surface area contributed by atoms with Crippen LogP contribution in [0.5, 0.6) is 5.75 Å². The first-order valence-electron chi connectivity index (χ1n) is 8.36. The van der Waals surface area contributed by atoms with Crippen molar-refractivity contribution in [3.05, 3.63) is 40.3 Å². The summed E-state index contributed by atoms with van der Waals surface area (Å²) in [5.74, 6) is 0.764. The van der Waals surface area contributed by atoms with Gasteiger partial charge < -0.3 is 15.0 Å². The van der Waals surface area contributed by atoms with Gasteiger partial charge in [0.15, 0.2) is 0 Å². The predicted molar refractivity (Wildman–Crippen MR) is 96.0 cm³/mol. The molecule has 1 aromatic heterocycles. The summed E-state index contributed by atoms with van der Waals surface area (Å²) in [5.41, 5.74) is 6.78. The molecule has 0 aliphatic carbocycles. The fourth-order valence-electron chi connectivity index (χ4n) is 2.74. The highest BCUT2D eigenvalue weighted by Gasteiger charge is 2.20. The van der Waals surface area contributed by atoms with Gasteiger partial charge in [-0.15, -0.1) is 0 Å². The van der Waals surface area contributed by atoms with E-state index in [0.717, 1.165) is 29.7 Å². The van der Waals surface area contributed by atoms with Gasteiger partial charge in [-0.05, 0) is 17.9 Å². The Balaban J connectivity index is 2.69. The van der Waals surface area contributed by atoms with E-state index < -0.39 is 0 Å². The molecule has 4 nitrogen and oxygen atoms in total. The standard InChI is InChI=1S/C19H28N2O2/c1-5-6-11-23-17-14-9-7-8-10-15(14)18(22)21(16(17)12-20)13-19(2,3)4/h7-10H,5-6,11-13,20H2,1-4H3. The van der Waals surface area contributed by atoms with E-state index in [0.29, 0.717) is 18.5 Å².